The van der Waals surface area contributed by atoms with Gasteiger partial charge in [-0.2, -0.15) is 0 Å². The van der Waals surface area contributed by atoms with Crippen LogP contribution in [0.15, 0.2) is 0 Å². The number of carbonyl (C=O) groups is 2. The van der Waals surface area contributed by atoms with Gasteiger partial charge in [0.25, 0.3) is 0 Å². The molecule has 4 nitrogen and oxygen atoms in total. The van der Waals surface area contributed by atoms with Crippen LogP contribution in [0.3, 0.4) is 0 Å². The summed E-state index contributed by atoms with van der Waals surface area (Å²) in [6.45, 7) is 8.84. The topological polar surface area (TPSA) is 46.6 Å². The number of unbranched alkanes of at least 4 members (excludes halogenated alkanes) is 1. The standard InChI is InChI=1S/C13H23NO3/c1-5-6-7-14-8-11(10(4)12(14)15)13(16)17-9(2)3/h9-11H,5-8H2,1-4H3. The van der Waals surface area contributed by atoms with Crippen molar-refractivity contribution in [2.75, 3.05) is 13.1 Å². The minimum absolute atomic E-state index is 0.0872. The van der Waals surface area contributed by atoms with E-state index in [4.69, 9.17) is 4.74 Å². The smallest absolute Gasteiger partial charge is 0.311 e. The predicted molar refractivity (Wildman–Crippen MR) is 65.4 cm³/mol. The maximum Gasteiger partial charge on any atom is 0.311 e. The molecule has 0 N–H and O–H groups in total. The molecule has 1 saturated heterocycles. The van der Waals surface area contributed by atoms with Crippen molar-refractivity contribution >= 4 is 11.9 Å². The molecule has 0 spiro atoms. The molecule has 4 heteroatoms. The minimum Gasteiger partial charge on any atom is -0.463 e. The van der Waals surface area contributed by atoms with Crippen molar-refractivity contribution in [2.24, 2.45) is 11.8 Å². The van der Waals surface area contributed by atoms with Gasteiger partial charge in [0, 0.05) is 13.1 Å². The van der Waals surface area contributed by atoms with Crippen LogP contribution in [0.5, 0.6) is 0 Å². The number of esters is 1. The Kier molecular flexibility index (Phi) is 4.97. The van der Waals surface area contributed by atoms with Crippen molar-refractivity contribution in [1.29, 1.82) is 0 Å². The summed E-state index contributed by atoms with van der Waals surface area (Å²) in [5.41, 5.74) is 0. The maximum atomic E-state index is 11.9. The van der Waals surface area contributed by atoms with E-state index in [9.17, 15) is 9.59 Å². The van der Waals surface area contributed by atoms with Crippen LogP contribution in [0.25, 0.3) is 0 Å². The van der Waals surface area contributed by atoms with Gasteiger partial charge in [-0.15, -0.1) is 0 Å². The molecule has 2 unspecified atom stereocenters. The van der Waals surface area contributed by atoms with Gasteiger partial charge in [-0.1, -0.05) is 20.3 Å². The summed E-state index contributed by atoms with van der Waals surface area (Å²) >= 11 is 0. The first-order valence-corrected chi connectivity index (χ1v) is 6.46. The van der Waals surface area contributed by atoms with Crippen molar-refractivity contribution in [3.05, 3.63) is 0 Å². The highest BCUT2D eigenvalue weighted by Crippen LogP contribution is 2.26. The Labute approximate surface area is 103 Å². The van der Waals surface area contributed by atoms with Gasteiger partial charge in [0.15, 0.2) is 0 Å². The maximum absolute atomic E-state index is 11.9. The number of hydrogen-bond donors (Lipinski definition) is 0. The van der Waals surface area contributed by atoms with E-state index in [0.717, 1.165) is 19.4 Å². The average molecular weight is 241 g/mol. The number of carbonyl (C=O) groups excluding carboxylic acids is 2. The molecular formula is C13H23NO3. The molecule has 1 amide bonds. The molecule has 0 radical (unpaired) electrons. The van der Waals surface area contributed by atoms with Crippen molar-refractivity contribution in [3.8, 4) is 0 Å². The number of likely N-dealkylation sites (tertiary alicyclic amines) is 1. The number of amides is 1. The first-order valence-electron chi connectivity index (χ1n) is 6.46. The van der Waals surface area contributed by atoms with E-state index in [0.29, 0.717) is 6.54 Å². The fourth-order valence-electron chi connectivity index (χ4n) is 2.09. The second-order valence-corrected chi connectivity index (χ2v) is 5.02. The summed E-state index contributed by atoms with van der Waals surface area (Å²) in [7, 11) is 0. The molecule has 0 aliphatic carbocycles. The summed E-state index contributed by atoms with van der Waals surface area (Å²) in [6, 6.07) is 0. The van der Waals surface area contributed by atoms with Gasteiger partial charge in [-0.05, 0) is 20.3 Å². The first-order chi connectivity index (χ1) is 7.97. The van der Waals surface area contributed by atoms with Crippen molar-refractivity contribution < 1.29 is 14.3 Å². The fourth-order valence-corrected chi connectivity index (χ4v) is 2.09. The zero-order chi connectivity index (χ0) is 13.0. The lowest BCUT2D eigenvalue weighted by molar-refractivity contribution is -0.153. The zero-order valence-electron chi connectivity index (χ0n) is 11.2. The third-order valence-electron chi connectivity index (χ3n) is 3.16. The Balaban J connectivity index is 2.58. The highest BCUT2D eigenvalue weighted by atomic mass is 16.5. The van der Waals surface area contributed by atoms with E-state index >= 15 is 0 Å². The van der Waals surface area contributed by atoms with Crippen LogP contribution < -0.4 is 0 Å². The highest BCUT2D eigenvalue weighted by molar-refractivity contribution is 5.88. The number of nitrogens with zero attached hydrogens (tertiary/aromatic N) is 1. The van der Waals surface area contributed by atoms with Gasteiger partial charge in [0.1, 0.15) is 0 Å². The number of ether oxygens (including phenoxy) is 1. The summed E-state index contributed by atoms with van der Waals surface area (Å²) in [5.74, 6) is -0.677. The van der Waals surface area contributed by atoms with E-state index in [1.807, 2.05) is 20.8 Å². The van der Waals surface area contributed by atoms with E-state index < -0.39 is 0 Å². The van der Waals surface area contributed by atoms with E-state index in [1.165, 1.54) is 0 Å². The molecule has 1 heterocycles. The quantitative estimate of drug-likeness (QED) is 0.690. The SMILES string of the molecule is CCCCN1CC(C(=O)OC(C)C)C(C)C1=O. The molecule has 1 aliphatic rings. The average Bonchev–Trinajstić information content (AvgIpc) is 2.53. The molecule has 0 bridgehead atoms. The first kappa shape index (κ1) is 14.0. The molecule has 17 heavy (non-hydrogen) atoms. The molecule has 0 aromatic rings. The normalized spacial score (nSPS) is 24.5. The summed E-state index contributed by atoms with van der Waals surface area (Å²) in [6.07, 6.45) is 1.93. The van der Waals surface area contributed by atoms with Gasteiger partial charge < -0.3 is 9.64 Å². The van der Waals surface area contributed by atoms with Crippen LogP contribution in [0.1, 0.15) is 40.5 Å². The van der Waals surface area contributed by atoms with Crippen LogP contribution in [0.4, 0.5) is 0 Å². The lowest BCUT2D eigenvalue weighted by atomic mass is 9.98. The van der Waals surface area contributed by atoms with E-state index in [-0.39, 0.29) is 29.8 Å². The monoisotopic (exact) mass is 241 g/mol. The zero-order valence-corrected chi connectivity index (χ0v) is 11.2. The minimum atomic E-state index is -0.290. The third-order valence-corrected chi connectivity index (χ3v) is 3.16. The van der Waals surface area contributed by atoms with Crippen LogP contribution in [-0.4, -0.2) is 36.0 Å². The summed E-state index contributed by atoms with van der Waals surface area (Å²) < 4.78 is 5.19. The fraction of sp³-hybridized carbons (Fsp3) is 0.846. The predicted octanol–water partition coefficient (Wildman–Crippen LogP) is 1.83. The van der Waals surface area contributed by atoms with Gasteiger partial charge in [0.05, 0.1) is 17.9 Å². The van der Waals surface area contributed by atoms with Crippen molar-refractivity contribution in [3.63, 3.8) is 0 Å². The largest absolute Gasteiger partial charge is 0.463 e. The van der Waals surface area contributed by atoms with E-state index in [1.54, 1.807) is 4.90 Å². The van der Waals surface area contributed by atoms with Crippen molar-refractivity contribution in [2.45, 2.75) is 46.6 Å². The van der Waals surface area contributed by atoms with Crippen LogP contribution >= 0.6 is 0 Å². The molecule has 1 fully saturated rings. The lowest BCUT2D eigenvalue weighted by Crippen LogP contribution is -2.28. The van der Waals surface area contributed by atoms with Crippen molar-refractivity contribution in [1.82, 2.24) is 4.90 Å². The van der Waals surface area contributed by atoms with Crippen LogP contribution in [0, 0.1) is 11.8 Å². The Hall–Kier alpha value is -1.06. The summed E-state index contributed by atoms with van der Waals surface area (Å²) in [5, 5.41) is 0. The molecule has 1 aliphatic heterocycles. The molecule has 1 rings (SSSR count). The molecule has 0 aromatic heterocycles. The second-order valence-electron chi connectivity index (χ2n) is 5.02. The molecule has 0 saturated carbocycles. The molecule has 2 atom stereocenters. The molecule has 98 valence electrons. The molecular weight excluding hydrogens is 218 g/mol. The van der Waals surface area contributed by atoms with Crippen LogP contribution in [-0.2, 0) is 14.3 Å². The second kappa shape index (κ2) is 6.03. The Bertz CT molecular complexity index is 288. The van der Waals surface area contributed by atoms with Gasteiger partial charge in [-0.25, -0.2) is 0 Å². The Morgan fingerprint density at radius 3 is 2.71 bits per heavy atom. The third kappa shape index (κ3) is 3.45. The van der Waals surface area contributed by atoms with Gasteiger partial charge in [0.2, 0.25) is 5.91 Å². The van der Waals surface area contributed by atoms with Crippen LogP contribution in [0.2, 0.25) is 0 Å². The summed E-state index contributed by atoms with van der Waals surface area (Å²) in [4.78, 5) is 25.6. The Morgan fingerprint density at radius 2 is 2.18 bits per heavy atom. The highest BCUT2D eigenvalue weighted by Gasteiger charge is 2.42. The molecule has 0 aromatic carbocycles. The Morgan fingerprint density at radius 1 is 1.53 bits per heavy atom. The lowest BCUT2D eigenvalue weighted by Gasteiger charge is -2.16. The number of rotatable bonds is 5. The van der Waals surface area contributed by atoms with Gasteiger partial charge >= 0.3 is 5.97 Å². The number of hydrogen-bond acceptors (Lipinski definition) is 3. The van der Waals surface area contributed by atoms with Gasteiger partial charge in [-0.3, -0.25) is 9.59 Å². The van der Waals surface area contributed by atoms with E-state index in [2.05, 4.69) is 6.92 Å².